The Kier molecular flexibility index (Phi) is 5.36. The molecule has 1 fully saturated rings. The number of ether oxygens (including phenoxy) is 2. The van der Waals surface area contributed by atoms with Crippen molar-refractivity contribution < 1.29 is 14.3 Å². The van der Waals surface area contributed by atoms with Gasteiger partial charge >= 0.3 is 0 Å². The average Bonchev–Trinajstić information content (AvgIpc) is 3.10. The van der Waals surface area contributed by atoms with E-state index in [0.717, 1.165) is 15.8 Å². The molecule has 1 atom stereocenters. The van der Waals surface area contributed by atoms with E-state index in [1.165, 1.54) is 0 Å². The van der Waals surface area contributed by atoms with Crippen molar-refractivity contribution >= 4 is 33.6 Å². The van der Waals surface area contributed by atoms with E-state index >= 15 is 0 Å². The van der Waals surface area contributed by atoms with Gasteiger partial charge in [-0.3, -0.25) is 4.79 Å². The van der Waals surface area contributed by atoms with Crippen LogP contribution in [0.25, 0.3) is 0 Å². The standard InChI is InChI=1S/C18H18BrNO3S/c1-22-15-9-5-7-13(16(15)23-2)18-20(10-11-24-18)17(21)12-6-3-4-8-14(12)19/h3-9,18H,10-11H2,1-2H3. The van der Waals surface area contributed by atoms with Crippen LogP contribution in [-0.4, -0.2) is 37.3 Å². The van der Waals surface area contributed by atoms with Crippen molar-refractivity contribution in [1.29, 1.82) is 0 Å². The number of hydrogen-bond donors (Lipinski definition) is 0. The quantitative estimate of drug-likeness (QED) is 0.754. The van der Waals surface area contributed by atoms with E-state index in [9.17, 15) is 4.79 Å². The predicted molar refractivity (Wildman–Crippen MR) is 99.9 cm³/mol. The molecular weight excluding hydrogens is 390 g/mol. The molecule has 0 bridgehead atoms. The molecule has 6 heteroatoms. The van der Waals surface area contributed by atoms with E-state index in [-0.39, 0.29) is 11.3 Å². The largest absolute Gasteiger partial charge is 0.493 e. The molecule has 1 unspecified atom stereocenters. The first-order valence-electron chi connectivity index (χ1n) is 7.55. The highest BCUT2D eigenvalue weighted by Crippen LogP contribution is 2.45. The summed E-state index contributed by atoms with van der Waals surface area (Å²) in [5.41, 5.74) is 1.63. The van der Waals surface area contributed by atoms with E-state index in [2.05, 4.69) is 15.9 Å². The molecule has 4 nitrogen and oxygen atoms in total. The number of rotatable bonds is 4. The fourth-order valence-electron chi connectivity index (χ4n) is 2.83. The Morgan fingerprint density at radius 2 is 1.96 bits per heavy atom. The first kappa shape index (κ1) is 17.2. The van der Waals surface area contributed by atoms with Crippen molar-refractivity contribution in [1.82, 2.24) is 4.90 Å². The Bertz CT molecular complexity index is 753. The molecule has 24 heavy (non-hydrogen) atoms. The lowest BCUT2D eigenvalue weighted by molar-refractivity contribution is 0.0758. The van der Waals surface area contributed by atoms with Crippen LogP contribution in [-0.2, 0) is 0 Å². The molecule has 0 saturated carbocycles. The normalized spacial score (nSPS) is 17.0. The Balaban J connectivity index is 1.97. The van der Waals surface area contributed by atoms with Crippen molar-refractivity contribution in [2.75, 3.05) is 26.5 Å². The molecule has 0 spiro atoms. The Hall–Kier alpha value is -1.66. The summed E-state index contributed by atoms with van der Waals surface area (Å²) < 4.78 is 11.8. The molecular formula is C18H18BrNO3S. The van der Waals surface area contributed by atoms with Gasteiger partial charge in [0.2, 0.25) is 0 Å². The van der Waals surface area contributed by atoms with Crippen molar-refractivity contribution in [3.8, 4) is 11.5 Å². The van der Waals surface area contributed by atoms with Gasteiger partial charge < -0.3 is 14.4 Å². The van der Waals surface area contributed by atoms with E-state index < -0.39 is 0 Å². The third-order valence-corrected chi connectivity index (χ3v) is 5.89. The molecule has 1 heterocycles. The van der Waals surface area contributed by atoms with Gasteiger partial charge in [0, 0.05) is 22.3 Å². The number of carbonyl (C=O) groups is 1. The fourth-order valence-corrected chi connectivity index (χ4v) is 4.56. The summed E-state index contributed by atoms with van der Waals surface area (Å²) in [5, 5.41) is -0.0883. The fraction of sp³-hybridized carbons (Fsp3) is 0.278. The van der Waals surface area contributed by atoms with Gasteiger partial charge in [-0.15, -0.1) is 11.8 Å². The molecule has 1 aliphatic rings. The number of methoxy groups -OCH3 is 2. The molecule has 0 radical (unpaired) electrons. The summed E-state index contributed by atoms with van der Waals surface area (Å²) in [6.45, 7) is 0.704. The Labute approximate surface area is 154 Å². The van der Waals surface area contributed by atoms with Crippen LogP contribution in [0.5, 0.6) is 11.5 Å². The third-order valence-electron chi connectivity index (χ3n) is 3.96. The maximum absolute atomic E-state index is 13.0. The number of amides is 1. The van der Waals surface area contributed by atoms with Gasteiger partial charge in [-0.1, -0.05) is 24.3 Å². The van der Waals surface area contributed by atoms with Gasteiger partial charge in [0.15, 0.2) is 11.5 Å². The van der Waals surface area contributed by atoms with Gasteiger partial charge in [-0.05, 0) is 34.1 Å². The second-order valence-electron chi connectivity index (χ2n) is 5.28. The van der Waals surface area contributed by atoms with Crippen molar-refractivity contribution in [2.24, 2.45) is 0 Å². The van der Waals surface area contributed by atoms with Crippen LogP contribution in [0, 0.1) is 0 Å². The highest BCUT2D eigenvalue weighted by atomic mass is 79.9. The maximum atomic E-state index is 13.0. The zero-order valence-electron chi connectivity index (χ0n) is 13.5. The molecule has 1 saturated heterocycles. The molecule has 2 aromatic carbocycles. The lowest BCUT2D eigenvalue weighted by Gasteiger charge is -2.26. The van der Waals surface area contributed by atoms with Gasteiger partial charge in [0.05, 0.1) is 19.8 Å². The van der Waals surface area contributed by atoms with Crippen LogP contribution in [0.15, 0.2) is 46.9 Å². The third kappa shape index (κ3) is 3.13. The predicted octanol–water partition coefficient (Wildman–Crippen LogP) is 4.35. The molecule has 0 aliphatic carbocycles. The summed E-state index contributed by atoms with van der Waals surface area (Å²) in [6.07, 6.45) is 0. The monoisotopic (exact) mass is 407 g/mol. The van der Waals surface area contributed by atoms with Crippen LogP contribution >= 0.6 is 27.7 Å². The molecule has 3 rings (SSSR count). The lowest BCUT2D eigenvalue weighted by Crippen LogP contribution is -2.30. The lowest BCUT2D eigenvalue weighted by atomic mass is 10.1. The molecule has 2 aromatic rings. The summed E-state index contributed by atoms with van der Waals surface area (Å²) in [4.78, 5) is 14.9. The number of hydrogen-bond acceptors (Lipinski definition) is 4. The number of benzene rings is 2. The van der Waals surface area contributed by atoms with E-state index in [4.69, 9.17) is 9.47 Å². The minimum atomic E-state index is -0.0883. The Morgan fingerprint density at radius 3 is 2.67 bits per heavy atom. The van der Waals surface area contributed by atoms with Crippen LogP contribution < -0.4 is 9.47 Å². The first-order chi connectivity index (χ1) is 11.7. The number of nitrogens with zero attached hydrogens (tertiary/aromatic N) is 1. The van der Waals surface area contributed by atoms with Crippen LogP contribution in [0.4, 0.5) is 0 Å². The van der Waals surface area contributed by atoms with Crippen LogP contribution in [0.2, 0.25) is 0 Å². The minimum Gasteiger partial charge on any atom is -0.493 e. The molecule has 0 N–H and O–H groups in total. The molecule has 0 aromatic heterocycles. The van der Waals surface area contributed by atoms with Crippen LogP contribution in [0.3, 0.4) is 0 Å². The number of halogens is 1. The highest BCUT2D eigenvalue weighted by Gasteiger charge is 2.34. The van der Waals surface area contributed by atoms with Gasteiger partial charge in [-0.25, -0.2) is 0 Å². The van der Waals surface area contributed by atoms with Crippen molar-refractivity contribution in [2.45, 2.75) is 5.37 Å². The van der Waals surface area contributed by atoms with Gasteiger partial charge in [-0.2, -0.15) is 0 Å². The second kappa shape index (κ2) is 7.49. The topological polar surface area (TPSA) is 38.8 Å². The average molecular weight is 408 g/mol. The summed E-state index contributed by atoms with van der Waals surface area (Å²) >= 11 is 5.21. The molecule has 1 amide bonds. The number of para-hydroxylation sites is 1. The summed E-state index contributed by atoms with van der Waals surface area (Å²) in [6, 6.07) is 13.3. The van der Waals surface area contributed by atoms with Crippen LogP contribution in [0.1, 0.15) is 21.3 Å². The van der Waals surface area contributed by atoms with E-state index in [1.807, 2.05) is 47.4 Å². The highest BCUT2D eigenvalue weighted by molar-refractivity contribution is 9.10. The van der Waals surface area contributed by atoms with E-state index in [1.54, 1.807) is 26.0 Å². The van der Waals surface area contributed by atoms with Crippen molar-refractivity contribution in [3.05, 3.63) is 58.1 Å². The zero-order chi connectivity index (χ0) is 17.1. The van der Waals surface area contributed by atoms with E-state index in [0.29, 0.717) is 23.6 Å². The van der Waals surface area contributed by atoms with Gasteiger partial charge in [0.1, 0.15) is 5.37 Å². The Morgan fingerprint density at radius 1 is 1.17 bits per heavy atom. The van der Waals surface area contributed by atoms with Gasteiger partial charge in [0.25, 0.3) is 5.91 Å². The number of carbonyl (C=O) groups excluding carboxylic acids is 1. The molecule has 1 aliphatic heterocycles. The smallest absolute Gasteiger partial charge is 0.256 e. The number of thioether (sulfide) groups is 1. The minimum absolute atomic E-state index is 0.0161. The van der Waals surface area contributed by atoms with Crippen molar-refractivity contribution in [3.63, 3.8) is 0 Å². The zero-order valence-corrected chi connectivity index (χ0v) is 15.9. The molecule has 126 valence electrons. The summed E-state index contributed by atoms with van der Waals surface area (Å²) in [7, 11) is 3.24. The SMILES string of the molecule is COc1cccc(C2SCCN2C(=O)c2ccccc2Br)c1OC. The second-order valence-corrected chi connectivity index (χ2v) is 7.33. The maximum Gasteiger partial charge on any atom is 0.256 e. The first-order valence-corrected chi connectivity index (χ1v) is 9.39. The summed E-state index contributed by atoms with van der Waals surface area (Å²) in [5.74, 6) is 2.27.